The van der Waals surface area contributed by atoms with E-state index in [4.69, 9.17) is 4.79 Å². The molecule has 0 saturated carbocycles. The number of nitrogens with zero attached hydrogens (tertiary/aromatic N) is 4. The first-order valence-electron chi connectivity index (χ1n) is 4.91. The molecule has 0 amide bonds. The molecule has 0 aliphatic carbocycles. The average Bonchev–Trinajstić information content (AvgIpc) is 2.81. The average molecular weight is 218 g/mol. The van der Waals surface area contributed by atoms with Crippen LogP contribution in [-0.2, 0) is 11.3 Å². The molecule has 0 aliphatic heterocycles. The summed E-state index contributed by atoms with van der Waals surface area (Å²) in [6.45, 7) is 6.84. The Labute approximate surface area is 94.1 Å². The Hall–Kier alpha value is -2.04. The van der Waals surface area contributed by atoms with Crippen LogP contribution < -0.4 is 0 Å². The van der Waals surface area contributed by atoms with Crippen molar-refractivity contribution in [3.8, 4) is 11.3 Å². The second-order valence-corrected chi connectivity index (χ2v) is 3.15. The maximum atomic E-state index is 8.00. The molecule has 2 aromatic heterocycles. The maximum absolute atomic E-state index is 8.00. The van der Waals surface area contributed by atoms with Crippen LogP contribution in [0, 0.1) is 6.92 Å². The van der Waals surface area contributed by atoms with Crippen LogP contribution in [0.25, 0.3) is 11.3 Å². The van der Waals surface area contributed by atoms with Crippen LogP contribution in [-0.4, -0.2) is 26.8 Å². The van der Waals surface area contributed by atoms with E-state index in [1.165, 1.54) is 0 Å². The van der Waals surface area contributed by atoms with Crippen LogP contribution in [0.5, 0.6) is 0 Å². The number of aromatic nitrogens is 4. The van der Waals surface area contributed by atoms with Crippen molar-refractivity contribution < 1.29 is 4.79 Å². The van der Waals surface area contributed by atoms with E-state index >= 15 is 0 Å². The number of rotatable bonds is 2. The molecule has 0 aromatic carbocycles. The maximum Gasteiger partial charge on any atom is 0.114 e. The third kappa shape index (κ3) is 2.73. The molecule has 2 aromatic rings. The molecule has 16 heavy (non-hydrogen) atoms. The second-order valence-electron chi connectivity index (χ2n) is 3.15. The molecular formula is C11H14N4O. The van der Waals surface area contributed by atoms with Gasteiger partial charge in [-0.3, -0.25) is 9.67 Å². The molecule has 0 N–H and O–H groups in total. The van der Waals surface area contributed by atoms with Gasteiger partial charge in [-0.1, -0.05) is 5.21 Å². The molecule has 0 fully saturated rings. The zero-order chi connectivity index (χ0) is 12.0. The zero-order valence-electron chi connectivity index (χ0n) is 9.42. The van der Waals surface area contributed by atoms with Crippen molar-refractivity contribution >= 4 is 6.79 Å². The van der Waals surface area contributed by atoms with Gasteiger partial charge in [-0.2, -0.15) is 0 Å². The molecule has 5 heteroatoms. The fraction of sp³-hybridized carbons (Fsp3) is 0.273. The summed E-state index contributed by atoms with van der Waals surface area (Å²) in [6.07, 6.45) is 3.74. The highest BCUT2D eigenvalue weighted by Gasteiger charge is 2.02. The highest BCUT2D eigenvalue weighted by molar-refractivity contribution is 5.56. The molecule has 0 saturated heterocycles. The lowest BCUT2D eigenvalue weighted by molar-refractivity contribution is -0.0979. The van der Waals surface area contributed by atoms with Crippen LogP contribution in [0.4, 0.5) is 0 Å². The Balaban J connectivity index is 0.000000606. The largest absolute Gasteiger partial charge is 0.307 e. The molecule has 0 atom stereocenters. The standard InChI is InChI=1S/C10H12N4.CH2O/c1-3-14-7-10(12-13-14)9-5-4-8(2)11-6-9;1-2/h4-7H,3H2,1-2H3;1H2. The molecule has 0 unspecified atom stereocenters. The van der Waals surface area contributed by atoms with E-state index in [-0.39, 0.29) is 0 Å². The predicted octanol–water partition coefficient (Wildman–Crippen LogP) is 1.48. The summed E-state index contributed by atoms with van der Waals surface area (Å²) in [5.41, 5.74) is 2.89. The van der Waals surface area contributed by atoms with Gasteiger partial charge in [-0.15, -0.1) is 5.10 Å². The molecular weight excluding hydrogens is 204 g/mol. The number of carbonyl (C=O) groups is 1. The van der Waals surface area contributed by atoms with Gasteiger partial charge in [0.05, 0.1) is 6.20 Å². The Morgan fingerprint density at radius 3 is 2.62 bits per heavy atom. The van der Waals surface area contributed by atoms with E-state index < -0.39 is 0 Å². The lowest BCUT2D eigenvalue weighted by Crippen LogP contribution is -1.93. The van der Waals surface area contributed by atoms with E-state index in [0.29, 0.717) is 0 Å². The molecule has 5 nitrogen and oxygen atoms in total. The fourth-order valence-electron chi connectivity index (χ4n) is 1.20. The predicted molar refractivity (Wildman–Crippen MR) is 60.8 cm³/mol. The van der Waals surface area contributed by atoms with Crippen molar-refractivity contribution in [2.24, 2.45) is 0 Å². The minimum absolute atomic E-state index is 0.840. The highest BCUT2D eigenvalue weighted by atomic mass is 16.1. The van der Waals surface area contributed by atoms with Crippen LogP contribution in [0.2, 0.25) is 0 Å². The lowest BCUT2D eigenvalue weighted by atomic mass is 10.2. The summed E-state index contributed by atoms with van der Waals surface area (Å²) >= 11 is 0. The summed E-state index contributed by atoms with van der Waals surface area (Å²) in [5, 5.41) is 8.03. The molecule has 84 valence electrons. The quantitative estimate of drug-likeness (QED) is 0.766. The third-order valence-corrected chi connectivity index (χ3v) is 2.07. The summed E-state index contributed by atoms with van der Waals surface area (Å²) in [5.74, 6) is 0. The molecule has 2 rings (SSSR count). The fourth-order valence-corrected chi connectivity index (χ4v) is 1.20. The Kier molecular flexibility index (Phi) is 4.32. The van der Waals surface area contributed by atoms with Crippen LogP contribution >= 0.6 is 0 Å². The van der Waals surface area contributed by atoms with Crippen LogP contribution in [0.1, 0.15) is 12.6 Å². The van der Waals surface area contributed by atoms with Crippen molar-refractivity contribution in [3.05, 3.63) is 30.2 Å². The SMILES string of the molecule is C=O.CCn1cc(-c2ccc(C)nc2)nn1. The molecule has 0 spiro atoms. The topological polar surface area (TPSA) is 60.7 Å². The van der Waals surface area contributed by atoms with Crippen molar-refractivity contribution in [3.63, 3.8) is 0 Å². The number of aryl methyl sites for hydroxylation is 2. The zero-order valence-corrected chi connectivity index (χ0v) is 9.42. The van der Waals surface area contributed by atoms with Gasteiger partial charge < -0.3 is 4.79 Å². The van der Waals surface area contributed by atoms with Crippen molar-refractivity contribution in [2.75, 3.05) is 0 Å². The van der Waals surface area contributed by atoms with Gasteiger partial charge in [0.25, 0.3) is 0 Å². The smallest absolute Gasteiger partial charge is 0.114 e. The Morgan fingerprint density at radius 2 is 2.12 bits per heavy atom. The summed E-state index contributed by atoms with van der Waals surface area (Å²) < 4.78 is 1.80. The Bertz CT molecular complexity index is 436. The van der Waals surface area contributed by atoms with Gasteiger partial charge in [0.2, 0.25) is 0 Å². The van der Waals surface area contributed by atoms with E-state index in [0.717, 1.165) is 23.5 Å². The molecule has 0 bridgehead atoms. The van der Waals surface area contributed by atoms with E-state index in [9.17, 15) is 0 Å². The molecule has 0 radical (unpaired) electrons. The van der Waals surface area contributed by atoms with Crippen LogP contribution in [0.3, 0.4) is 0 Å². The normalized spacial score (nSPS) is 9.38. The lowest BCUT2D eigenvalue weighted by Gasteiger charge is -1.94. The van der Waals surface area contributed by atoms with Gasteiger partial charge in [0, 0.05) is 24.0 Å². The minimum atomic E-state index is 0.840. The molecule has 2 heterocycles. The van der Waals surface area contributed by atoms with Gasteiger partial charge in [-0.25, -0.2) is 0 Å². The number of carbonyl (C=O) groups excluding carboxylic acids is 1. The van der Waals surface area contributed by atoms with Gasteiger partial charge in [0.1, 0.15) is 12.5 Å². The first-order chi connectivity index (χ1) is 7.79. The number of pyridine rings is 1. The van der Waals surface area contributed by atoms with Crippen molar-refractivity contribution in [2.45, 2.75) is 20.4 Å². The second kappa shape index (κ2) is 5.75. The monoisotopic (exact) mass is 218 g/mol. The van der Waals surface area contributed by atoms with Crippen LogP contribution in [0.15, 0.2) is 24.5 Å². The van der Waals surface area contributed by atoms with E-state index in [2.05, 4.69) is 15.3 Å². The summed E-state index contributed by atoms with van der Waals surface area (Å²) in [6, 6.07) is 3.98. The van der Waals surface area contributed by atoms with E-state index in [1.807, 2.05) is 45.2 Å². The van der Waals surface area contributed by atoms with E-state index in [1.54, 1.807) is 4.68 Å². The molecule has 0 aliphatic rings. The van der Waals surface area contributed by atoms with Crippen molar-refractivity contribution in [1.29, 1.82) is 0 Å². The van der Waals surface area contributed by atoms with Crippen molar-refractivity contribution in [1.82, 2.24) is 20.0 Å². The number of hydrogen-bond acceptors (Lipinski definition) is 4. The minimum Gasteiger partial charge on any atom is -0.307 e. The van der Waals surface area contributed by atoms with Gasteiger partial charge in [0.15, 0.2) is 0 Å². The summed E-state index contributed by atoms with van der Waals surface area (Å²) in [4.78, 5) is 12.2. The first kappa shape index (κ1) is 12.0. The number of hydrogen-bond donors (Lipinski definition) is 0. The highest BCUT2D eigenvalue weighted by Crippen LogP contribution is 2.14. The third-order valence-electron chi connectivity index (χ3n) is 2.07. The Morgan fingerprint density at radius 1 is 1.38 bits per heavy atom. The first-order valence-corrected chi connectivity index (χ1v) is 4.91. The summed E-state index contributed by atoms with van der Waals surface area (Å²) in [7, 11) is 0. The van der Waals surface area contributed by atoms with Gasteiger partial charge in [-0.05, 0) is 26.0 Å². The van der Waals surface area contributed by atoms with Gasteiger partial charge >= 0.3 is 0 Å².